The van der Waals surface area contributed by atoms with E-state index in [1.165, 1.54) is 31.4 Å². The zero-order valence-electron chi connectivity index (χ0n) is 11.1. The lowest BCUT2D eigenvalue weighted by Gasteiger charge is -2.40. The van der Waals surface area contributed by atoms with Crippen molar-refractivity contribution in [3.63, 3.8) is 0 Å². The van der Waals surface area contributed by atoms with E-state index in [0.717, 1.165) is 30.7 Å². The van der Waals surface area contributed by atoms with Crippen LogP contribution in [-0.2, 0) is 10.9 Å². The number of alkyl halides is 3. The second-order valence-corrected chi connectivity index (χ2v) is 5.63. The molecule has 0 amide bonds. The second-order valence-electron chi connectivity index (χ2n) is 5.63. The Morgan fingerprint density at radius 2 is 1.75 bits per heavy atom. The van der Waals surface area contributed by atoms with Gasteiger partial charge in [0.2, 0.25) is 0 Å². The summed E-state index contributed by atoms with van der Waals surface area (Å²) in [5.74, 6) is 0.550. The summed E-state index contributed by atoms with van der Waals surface area (Å²) in [6.07, 6.45) is 0.348. The van der Waals surface area contributed by atoms with Crippen LogP contribution < -0.4 is 5.32 Å². The van der Waals surface area contributed by atoms with Crippen molar-refractivity contribution in [1.82, 2.24) is 5.32 Å². The molecule has 1 unspecified atom stereocenters. The zero-order chi connectivity index (χ0) is 14.2. The molecule has 1 aliphatic carbocycles. The number of hydrogen-bond acceptors (Lipinski definition) is 2. The SMILES string of the molecule is FC(F)(F)c1ccc(C2NC[C@H]3CCCC[C@@H]3O2)cc1. The monoisotopic (exact) mass is 285 g/mol. The Morgan fingerprint density at radius 3 is 2.45 bits per heavy atom. The van der Waals surface area contributed by atoms with Gasteiger partial charge in [-0.25, -0.2) is 0 Å². The van der Waals surface area contributed by atoms with Crippen molar-refractivity contribution in [1.29, 1.82) is 0 Å². The van der Waals surface area contributed by atoms with Gasteiger partial charge in [-0.2, -0.15) is 13.2 Å². The van der Waals surface area contributed by atoms with Crippen LogP contribution in [0.25, 0.3) is 0 Å². The number of benzene rings is 1. The number of fused-ring (bicyclic) bond motifs is 1. The Bertz CT molecular complexity index is 457. The van der Waals surface area contributed by atoms with E-state index < -0.39 is 11.7 Å². The third-order valence-electron chi connectivity index (χ3n) is 4.26. The molecule has 1 aromatic carbocycles. The summed E-state index contributed by atoms with van der Waals surface area (Å²) in [6, 6.07) is 5.24. The molecule has 3 rings (SSSR count). The van der Waals surface area contributed by atoms with Gasteiger partial charge in [0.15, 0.2) is 0 Å². The highest BCUT2D eigenvalue weighted by Gasteiger charge is 2.34. The lowest BCUT2D eigenvalue weighted by molar-refractivity contribution is -0.137. The van der Waals surface area contributed by atoms with Crippen LogP contribution in [0, 0.1) is 5.92 Å². The van der Waals surface area contributed by atoms with Crippen molar-refractivity contribution in [3.8, 4) is 0 Å². The average Bonchev–Trinajstić information content (AvgIpc) is 2.46. The summed E-state index contributed by atoms with van der Waals surface area (Å²) in [7, 11) is 0. The van der Waals surface area contributed by atoms with Gasteiger partial charge in [-0.1, -0.05) is 25.0 Å². The van der Waals surface area contributed by atoms with Crippen LogP contribution in [0.1, 0.15) is 43.0 Å². The topological polar surface area (TPSA) is 21.3 Å². The molecule has 0 spiro atoms. The highest BCUT2D eigenvalue weighted by atomic mass is 19.4. The first-order valence-electron chi connectivity index (χ1n) is 7.10. The molecule has 3 atom stereocenters. The van der Waals surface area contributed by atoms with E-state index in [1.807, 2.05) is 0 Å². The summed E-state index contributed by atoms with van der Waals surface area (Å²) in [5.41, 5.74) is 0.148. The molecule has 2 fully saturated rings. The molecule has 1 aliphatic heterocycles. The molecule has 1 saturated carbocycles. The Hall–Kier alpha value is -1.07. The smallest absolute Gasteiger partial charge is 0.356 e. The van der Waals surface area contributed by atoms with Crippen molar-refractivity contribution < 1.29 is 17.9 Å². The third-order valence-corrected chi connectivity index (χ3v) is 4.26. The predicted molar refractivity (Wildman–Crippen MR) is 69.0 cm³/mol. The van der Waals surface area contributed by atoms with Crippen LogP contribution in [-0.4, -0.2) is 12.6 Å². The van der Waals surface area contributed by atoms with Gasteiger partial charge < -0.3 is 4.74 Å². The Morgan fingerprint density at radius 1 is 1.05 bits per heavy atom. The lowest BCUT2D eigenvalue weighted by Crippen LogP contribution is -2.45. The summed E-state index contributed by atoms with van der Waals surface area (Å²) >= 11 is 0. The van der Waals surface area contributed by atoms with Crippen LogP contribution in [0.3, 0.4) is 0 Å². The molecule has 1 saturated heterocycles. The van der Waals surface area contributed by atoms with Gasteiger partial charge in [-0.05, 0) is 36.5 Å². The molecule has 2 nitrogen and oxygen atoms in total. The van der Waals surface area contributed by atoms with Crippen molar-refractivity contribution in [3.05, 3.63) is 35.4 Å². The Labute approximate surface area is 116 Å². The maximum atomic E-state index is 12.5. The van der Waals surface area contributed by atoms with Crippen LogP contribution in [0.4, 0.5) is 13.2 Å². The minimum Gasteiger partial charge on any atom is -0.356 e. The fourth-order valence-electron chi connectivity index (χ4n) is 3.11. The molecule has 0 radical (unpaired) electrons. The van der Waals surface area contributed by atoms with Crippen LogP contribution in [0.15, 0.2) is 24.3 Å². The van der Waals surface area contributed by atoms with Gasteiger partial charge in [0.25, 0.3) is 0 Å². The lowest BCUT2D eigenvalue weighted by atomic mass is 9.85. The fraction of sp³-hybridized carbons (Fsp3) is 0.600. The average molecular weight is 285 g/mol. The Kier molecular flexibility index (Phi) is 3.73. The molecule has 1 heterocycles. The summed E-state index contributed by atoms with van der Waals surface area (Å²) < 4.78 is 43.6. The summed E-state index contributed by atoms with van der Waals surface area (Å²) in [5, 5.41) is 3.29. The van der Waals surface area contributed by atoms with Gasteiger partial charge in [-0.15, -0.1) is 0 Å². The molecule has 1 aromatic rings. The van der Waals surface area contributed by atoms with Gasteiger partial charge in [0.05, 0.1) is 11.7 Å². The number of rotatable bonds is 1. The van der Waals surface area contributed by atoms with Crippen molar-refractivity contribution in [2.75, 3.05) is 6.54 Å². The minimum atomic E-state index is -4.28. The largest absolute Gasteiger partial charge is 0.416 e. The highest BCUT2D eigenvalue weighted by Crippen LogP contribution is 2.35. The van der Waals surface area contributed by atoms with E-state index in [0.29, 0.717) is 5.92 Å². The molecule has 5 heteroatoms. The standard InChI is InChI=1S/C15H18F3NO/c16-15(17,18)12-7-5-10(6-8-12)14-19-9-11-3-1-2-4-13(11)20-14/h5-8,11,13-14,19H,1-4,9H2/t11-,13+,14?/m1/s1. The molecule has 2 aliphatic rings. The Balaban J connectivity index is 1.70. The first-order valence-corrected chi connectivity index (χ1v) is 7.10. The number of hydrogen-bond donors (Lipinski definition) is 1. The first-order chi connectivity index (χ1) is 9.54. The van der Waals surface area contributed by atoms with Gasteiger partial charge in [0.1, 0.15) is 6.23 Å². The van der Waals surface area contributed by atoms with Crippen LogP contribution in [0.2, 0.25) is 0 Å². The van der Waals surface area contributed by atoms with E-state index in [4.69, 9.17) is 4.74 Å². The molecule has 1 N–H and O–H groups in total. The summed E-state index contributed by atoms with van der Waals surface area (Å²) in [4.78, 5) is 0. The van der Waals surface area contributed by atoms with Crippen molar-refractivity contribution in [2.24, 2.45) is 5.92 Å². The van der Waals surface area contributed by atoms with E-state index in [2.05, 4.69) is 5.32 Å². The third kappa shape index (κ3) is 2.83. The maximum Gasteiger partial charge on any atom is 0.416 e. The molecular weight excluding hydrogens is 267 g/mol. The second kappa shape index (κ2) is 5.37. The summed E-state index contributed by atoms with van der Waals surface area (Å²) in [6.45, 7) is 0.885. The molecule has 110 valence electrons. The van der Waals surface area contributed by atoms with E-state index in [1.54, 1.807) is 0 Å². The normalized spacial score (nSPS) is 30.9. The first kappa shape index (κ1) is 13.9. The van der Waals surface area contributed by atoms with Crippen LogP contribution >= 0.6 is 0 Å². The van der Waals surface area contributed by atoms with Crippen molar-refractivity contribution in [2.45, 2.75) is 44.2 Å². The minimum absolute atomic E-state index is 0.247. The molecule has 20 heavy (non-hydrogen) atoms. The van der Waals surface area contributed by atoms with Crippen LogP contribution in [0.5, 0.6) is 0 Å². The zero-order valence-corrected chi connectivity index (χ0v) is 11.1. The fourth-order valence-corrected chi connectivity index (χ4v) is 3.11. The highest BCUT2D eigenvalue weighted by molar-refractivity contribution is 5.26. The maximum absolute atomic E-state index is 12.5. The number of nitrogens with one attached hydrogen (secondary N) is 1. The number of halogens is 3. The molecule has 0 aromatic heterocycles. The van der Waals surface area contributed by atoms with E-state index in [9.17, 15) is 13.2 Å². The van der Waals surface area contributed by atoms with Gasteiger partial charge >= 0.3 is 6.18 Å². The van der Waals surface area contributed by atoms with Gasteiger partial charge in [-0.3, -0.25) is 5.32 Å². The quantitative estimate of drug-likeness (QED) is 0.845. The van der Waals surface area contributed by atoms with Gasteiger partial charge in [0, 0.05) is 6.54 Å². The molecular formula is C15H18F3NO. The van der Waals surface area contributed by atoms with E-state index in [-0.39, 0.29) is 12.3 Å². The predicted octanol–water partition coefficient (Wildman–Crippen LogP) is 3.88. The number of ether oxygens (including phenoxy) is 1. The van der Waals surface area contributed by atoms with Crippen molar-refractivity contribution >= 4 is 0 Å². The van der Waals surface area contributed by atoms with E-state index >= 15 is 0 Å². The molecule has 0 bridgehead atoms.